The number of hydrogen-bond donors (Lipinski definition) is 1. The molecule has 1 rings (SSSR count). The lowest BCUT2D eigenvalue weighted by Crippen LogP contribution is -2.32. The van der Waals surface area contributed by atoms with E-state index in [1.165, 1.54) is 17.7 Å². The third kappa shape index (κ3) is 4.68. The van der Waals surface area contributed by atoms with E-state index in [2.05, 4.69) is 45.7 Å². The lowest BCUT2D eigenvalue weighted by Gasteiger charge is -2.31. The Hall–Kier alpha value is -0.730. The summed E-state index contributed by atoms with van der Waals surface area (Å²) in [6.45, 7) is 8.91. The van der Waals surface area contributed by atoms with Crippen LogP contribution in [0.3, 0.4) is 0 Å². The number of nitrogens with zero attached hydrogens (tertiary/aromatic N) is 1. The summed E-state index contributed by atoms with van der Waals surface area (Å²) >= 11 is 6.40. The minimum Gasteiger partial charge on any atom is -0.372 e. The highest BCUT2D eigenvalue weighted by Gasteiger charge is 2.17. The Kier molecular flexibility index (Phi) is 6.84. The second-order valence-electron chi connectivity index (χ2n) is 6.20. The van der Waals surface area contributed by atoms with Gasteiger partial charge in [-0.1, -0.05) is 38.4 Å². The number of anilines is 1. The molecule has 2 atom stereocenters. The topological polar surface area (TPSA) is 29.3 Å². The summed E-state index contributed by atoms with van der Waals surface area (Å²) in [5.74, 6) is 0.688. The maximum absolute atomic E-state index is 6.40. The maximum Gasteiger partial charge on any atom is 0.0459 e. The van der Waals surface area contributed by atoms with Gasteiger partial charge in [0.2, 0.25) is 0 Å². The molecule has 0 amide bonds. The molecule has 0 heterocycles. The predicted molar refractivity (Wildman–Crippen MR) is 90.7 cm³/mol. The van der Waals surface area contributed by atoms with Crippen molar-refractivity contribution in [1.82, 2.24) is 0 Å². The van der Waals surface area contributed by atoms with E-state index in [-0.39, 0.29) is 6.04 Å². The molecule has 3 heteroatoms. The van der Waals surface area contributed by atoms with Crippen molar-refractivity contribution in [2.45, 2.75) is 59.0 Å². The van der Waals surface area contributed by atoms with Crippen LogP contribution in [-0.4, -0.2) is 19.1 Å². The molecule has 0 spiro atoms. The first-order valence-electron chi connectivity index (χ1n) is 7.62. The predicted octanol–water partition coefficient (Wildman–Crippen LogP) is 4.49. The molecule has 2 nitrogen and oxygen atoms in total. The zero-order valence-electron chi connectivity index (χ0n) is 13.5. The molecule has 1 aromatic rings. The van der Waals surface area contributed by atoms with E-state index >= 15 is 0 Å². The van der Waals surface area contributed by atoms with Crippen LogP contribution in [0.4, 0.5) is 5.69 Å². The van der Waals surface area contributed by atoms with Crippen molar-refractivity contribution in [2.24, 2.45) is 11.7 Å². The minimum atomic E-state index is 0.169. The number of nitrogens with two attached hydrogens (primary N) is 1. The SMILES string of the molecule is CCC(N)Cc1c(Cl)cccc1N(C)C(C)CC(C)C. The fraction of sp³-hybridized carbons (Fsp3) is 0.647. The van der Waals surface area contributed by atoms with Crippen LogP contribution in [0.25, 0.3) is 0 Å². The average molecular weight is 297 g/mol. The summed E-state index contributed by atoms with van der Waals surface area (Å²) in [5, 5.41) is 0.829. The molecule has 0 saturated carbocycles. The average Bonchev–Trinajstić information content (AvgIpc) is 2.39. The van der Waals surface area contributed by atoms with Gasteiger partial charge in [0.05, 0.1) is 0 Å². The molecule has 0 saturated heterocycles. The molecular formula is C17H29ClN2. The summed E-state index contributed by atoms with van der Waals surface area (Å²) in [5.41, 5.74) is 8.52. The Balaban J connectivity index is 3.01. The van der Waals surface area contributed by atoms with E-state index in [1.807, 2.05) is 12.1 Å². The normalized spacial score (nSPS) is 14.4. The third-order valence-corrected chi connectivity index (χ3v) is 4.29. The Morgan fingerprint density at radius 3 is 2.45 bits per heavy atom. The fourth-order valence-electron chi connectivity index (χ4n) is 2.56. The Morgan fingerprint density at radius 2 is 1.90 bits per heavy atom. The second-order valence-corrected chi connectivity index (χ2v) is 6.61. The standard InChI is InChI=1S/C17H29ClN2/c1-6-14(19)11-15-16(18)8-7-9-17(15)20(5)13(4)10-12(2)3/h7-9,12-14H,6,10-11,19H2,1-5H3. The maximum atomic E-state index is 6.40. The van der Waals surface area contributed by atoms with Gasteiger partial charge in [-0.3, -0.25) is 0 Å². The summed E-state index contributed by atoms with van der Waals surface area (Å²) in [4.78, 5) is 2.34. The van der Waals surface area contributed by atoms with Gasteiger partial charge in [0, 0.05) is 29.8 Å². The molecule has 2 N–H and O–H groups in total. The largest absolute Gasteiger partial charge is 0.372 e. The smallest absolute Gasteiger partial charge is 0.0459 e. The molecule has 2 unspecified atom stereocenters. The quantitative estimate of drug-likeness (QED) is 0.803. The molecule has 0 aromatic heterocycles. The first-order chi connectivity index (χ1) is 9.36. The molecular weight excluding hydrogens is 268 g/mol. The van der Waals surface area contributed by atoms with Gasteiger partial charge in [-0.2, -0.15) is 0 Å². The van der Waals surface area contributed by atoms with E-state index in [0.717, 1.165) is 17.9 Å². The Morgan fingerprint density at radius 1 is 1.25 bits per heavy atom. The van der Waals surface area contributed by atoms with Crippen molar-refractivity contribution in [3.63, 3.8) is 0 Å². The minimum absolute atomic E-state index is 0.169. The van der Waals surface area contributed by atoms with Gasteiger partial charge in [-0.15, -0.1) is 0 Å². The zero-order chi connectivity index (χ0) is 15.3. The molecule has 0 aliphatic heterocycles. The number of benzene rings is 1. The van der Waals surface area contributed by atoms with E-state index in [1.54, 1.807) is 0 Å². The lowest BCUT2D eigenvalue weighted by molar-refractivity contribution is 0.503. The Bertz CT molecular complexity index is 417. The van der Waals surface area contributed by atoms with Crippen LogP contribution in [0.5, 0.6) is 0 Å². The van der Waals surface area contributed by atoms with Crippen LogP contribution in [-0.2, 0) is 6.42 Å². The molecule has 0 aliphatic rings. The molecule has 0 bridgehead atoms. The second kappa shape index (κ2) is 7.90. The molecule has 114 valence electrons. The summed E-state index contributed by atoms with van der Waals surface area (Å²) in [6.07, 6.45) is 2.97. The van der Waals surface area contributed by atoms with Gasteiger partial charge in [0.1, 0.15) is 0 Å². The van der Waals surface area contributed by atoms with Gasteiger partial charge >= 0.3 is 0 Å². The number of halogens is 1. The number of hydrogen-bond acceptors (Lipinski definition) is 2. The van der Waals surface area contributed by atoms with E-state index in [0.29, 0.717) is 12.0 Å². The van der Waals surface area contributed by atoms with Crippen molar-refractivity contribution in [3.8, 4) is 0 Å². The first kappa shape index (κ1) is 17.3. The van der Waals surface area contributed by atoms with Crippen LogP contribution in [0.1, 0.15) is 46.1 Å². The van der Waals surface area contributed by atoms with E-state index in [4.69, 9.17) is 17.3 Å². The molecule has 0 aliphatic carbocycles. The van der Waals surface area contributed by atoms with Gasteiger partial charge in [0.25, 0.3) is 0 Å². The van der Waals surface area contributed by atoms with Crippen molar-refractivity contribution in [1.29, 1.82) is 0 Å². The van der Waals surface area contributed by atoms with Gasteiger partial charge in [-0.25, -0.2) is 0 Å². The van der Waals surface area contributed by atoms with E-state index in [9.17, 15) is 0 Å². The fourth-order valence-corrected chi connectivity index (χ4v) is 2.81. The molecule has 1 aromatic carbocycles. The summed E-state index contributed by atoms with van der Waals surface area (Å²) in [6, 6.07) is 6.80. The van der Waals surface area contributed by atoms with Crippen molar-refractivity contribution >= 4 is 17.3 Å². The van der Waals surface area contributed by atoms with Crippen molar-refractivity contribution < 1.29 is 0 Å². The number of rotatable bonds is 7. The van der Waals surface area contributed by atoms with Crippen LogP contribution in [0.2, 0.25) is 5.02 Å². The Labute approximate surface area is 129 Å². The van der Waals surface area contributed by atoms with Crippen molar-refractivity contribution in [2.75, 3.05) is 11.9 Å². The third-order valence-electron chi connectivity index (χ3n) is 3.94. The monoisotopic (exact) mass is 296 g/mol. The molecule has 0 fully saturated rings. The van der Waals surface area contributed by atoms with Gasteiger partial charge in [0.15, 0.2) is 0 Å². The zero-order valence-corrected chi connectivity index (χ0v) is 14.2. The van der Waals surface area contributed by atoms with Gasteiger partial charge < -0.3 is 10.6 Å². The molecule has 20 heavy (non-hydrogen) atoms. The van der Waals surface area contributed by atoms with Gasteiger partial charge in [-0.05, 0) is 49.8 Å². The van der Waals surface area contributed by atoms with Crippen LogP contribution in [0.15, 0.2) is 18.2 Å². The summed E-state index contributed by atoms with van der Waals surface area (Å²) < 4.78 is 0. The summed E-state index contributed by atoms with van der Waals surface area (Å²) in [7, 11) is 2.15. The highest BCUT2D eigenvalue weighted by atomic mass is 35.5. The molecule has 0 radical (unpaired) electrons. The van der Waals surface area contributed by atoms with Crippen molar-refractivity contribution in [3.05, 3.63) is 28.8 Å². The highest BCUT2D eigenvalue weighted by molar-refractivity contribution is 6.31. The van der Waals surface area contributed by atoms with E-state index < -0.39 is 0 Å². The van der Waals surface area contributed by atoms with Crippen LogP contribution < -0.4 is 10.6 Å². The lowest BCUT2D eigenvalue weighted by atomic mass is 9.99. The highest BCUT2D eigenvalue weighted by Crippen LogP contribution is 2.30. The van der Waals surface area contributed by atoms with Crippen LogP contribution in [0, 0.1) is 5.92 Å². The van der Waals surface area contributed by atoms with Crippen LogP contribution >= 0.6 is 11.6 Å². The first-order valence-corrected chi connectivity index (χ1v) is 8.00.